The van der Waals surface area contributed by atoms with E-state index in [1.54, 1.807) is 7.11 Å². The predicted molar refractivity (Wildman–Crippen MR) is 83.4 cm³/mol. The number of hydrogen-bond acceptors (Lipinski definition) is 4. The second-order valence-corrected chi connectivity index (χ2v) is 5.75. The van der Waals surface area contributed by atoms with Crippen LogP contribution in [-0.2, 0) is 11.2 Å². The van der Waals surface area contributed by atoms with Crippen LogP contribution in [0.15, 0.2) is 24.3 Å². The molecule has 1 aromatic carbocycles. The molecule has 0 radical (unpaired) electrons. The molecule has 5 nitrogen and oxygen atoms in total. The van der Waals surface area contributed by atoms with E-state index in [-0.39, 0.29) is 5.91 Å². The quantitative estimate of drug-likeness (QED) is 0.841. The average molecular weight is 291 g/mol. The van der Waals surface area contributed by atoms with Crippen LogP contribution < -0.4 is 15.8 Å². The van der Waals surface area contributed by atoms with Crippen molar-refractivity contribution in [1.29, 1.82) is 0 Å². The van der Waals surface area contributed by atoms with Gasteiger partial charge in [0.05, 0.1) is 7.11 Å². The van der Waals surface area contributed by atoms with Gasteiger partial charge in [-0.1, -0.05) is 12.1 Å². The minimum atomic E-state index is -0.652. The molecule has 1 aromatic rings. The van der Waals surface area contributed by atoms with Crippen molar-refractivity contribution >= 4 is 5.91 Å². The van der Waals surface area contributed by atoms with Crippen LogP contribution in [0.25, 0.3) is 0 Å². The molecule has 1 atom stereocenters. The molecule has 3 N–H and O–H groups in total. The third kappa shape index (κ3) is 3.74. The van der Waals surface area contributed by atoms with Gasteiger partial charge in [0.15, 0.2) is 0 Å². The topological polar surface area (TPSA) is 67.6 Å². The molecule has 1 fully saturated rings. The fourth-order valence-corrected chi connectivity index (χ4v) is 2.83. The average Bonchev–Trinajstić information content (AvgIpc) is 2.77. The van der Waals surface area contributed by atoms with Gasteiger partial charge in [-0.2, -0.15) is 0 Å². The zero-order valence-corrected chi connectivity index (χ0v) is 12.9. The fraction of sp³-hybridized carbons (Fsp3) is 0.562. The van der Waals surface area contributed by atoms with Crippen LogP contribution in [0, 0.1) is 0 Å². The highest BCUT2D eigenvalue weighted by atomic mass is 16.5. The van der Waals surface area contributed by atoms with Gasteiger partial charge in [-0.05, 0) is 44.0 Å². The number of ether oxygens (including phenoxy) is 1. The van der Waals surface area contributed by atoms with Gasteiger partial charge in [-0.25, -0.2) is 0 Å². The number of hydrogen-bond donors (Lipinski definition) is 2. The number of nitrogens with two attached hydrogens (primary N) is 1. The predicted octanol–water partition coefficient (Wildman–Crippen LogP) is 0.777. The zero-order chi connectivity index (χ0) is 15.3. The molecule has 0 saturated carbocycles. The smallest absolute Gasteiger partial charge is 0.238 e. The first-order valence-corrected chi connectivity index (χ1v) is 7.45. The van der Waals surface area contributed by atoms with Crippen molar-refractivity contribution in [1.82, 2.24) is 10.2 Å². The Morgan fingerprint density at radius 3 is 2.67 bits per heavy atom. The molecule has 21 heavy (non-hydrogen) atoms. The van der Waals surface area contributed by atoms with Crippen LogP contribution in [0.3, 0.4) is 0 Å². The zero-order valence-electron chi connectivity index (χ0n) is 12.9. The Labute approximate surface area is 126 Å². The molecule has 0 bridgehead atoms. The largest absolute Gasteiger partial charge is 0.497 e. The monoisotopic (exact) mass is 291 g/mol. The van der Waals surface area contributed by atoms with Crippen molar-refractivity contribution in [3.8, 4) is 5.75 Å². The first-order chi connectivity index (χ1) is 10.1. The van der Waals surface area contributed by atoms with E-state index < -0.39 is 5.54 Å². The summed E-state index contributed by atoms with van der Waals surface area (Å²) in [6.07, 6.45) is 1.65. The Balaban J connectivity index is 2.17. The Hall–Kier alpha value is -1.59. The summed E-state index contributed by atoms with van der Waals surface area (Å²) in [5.74, 6) is 0.554. The lowest BCUT2D eigenvalue weighted by atomic mass is 9.89. The van der Waals surface area contributed by atoms with Crippen LogP contribution in [-0.4, -0.2) is 49.6 Å². The molecular weight excluding hydrogens is 266 g/mol. The molecule has 116 valence electrons. The lowest BCUT2D eigenvalue weighted by Gasteiger charge is -2.38. The highest BCUT2D eigenvalue weighted by Crippen LogP contribution is 2.23. The number of benzene rings is 1. The third-order valence-corrected chi connectivity index (χ3v) is 4.28. The molecule has 2 rings (SSSR count). The molecule has 5 heteroatoms. The summed E-state index contributed by atoms with van der Waals surface area (Å²) in [6.45, 7) is 5.57. The van der Waals surface area contributed by atoms with Crippen molar-refractivity contribution in [2.24, 2.45) is 5.73 Å². The molecule has 0 aromatic heterocycles. The first kappa shape index (κ1) is 15.8. The molecule has 1 heterocycles. The van der Waals surface area contributed by atoms with Gasteiger partial charge in [0.25, 0.3) is 0 Å². The van der Waals surface area contributed by atoms with Crippen LogP contribution in [0.5, 0.6) is 5.75 Å². The summed E-state index contributed by atoms with van der Waals surface area (Å²) in [7, 11) is 1.65. The number of carbonyl (C=O) groups is 1. The number of rotatable bonds is 5. The van der Waals surface area contributed by atoms with Crippen molar-refractivity contribution in [3.63, 3.8) is 0 Å². The van der Waals surface area contributed by atoms with Crippen molar-refractivity contribution in [3.05, 3.63) is 29.8 Å². The molecular formula is C16H25N3O2. The van der Waals surface area contributed by atoms with E-state index >= 15 is 0 Å². The minimum absolute atomic E-state index is 0.264. The van der Waals surface area contributed by atoms with Gasteiger partial charge >= 0.3 is 0 Å². The Kier molecular flexibility index (Phi) is 5.20. The molecule has 1 amide bonds. The summed E-state index contributed by atoms with van der Waals surface area (Å²) in [4.78, 5) is 14.3. The van der Waals surface area contributed by atoms with E-state index in [0.717, 1.165) is 43.9 Å². The Morgan fingerprint density at radius 2 is 2.05 bits per heavy atom. The number of carbonyl (C=O) groups excluding carboxylic acids is 1. The molecule has 0 spiro atoms. The fourth-order valence-electron chi connectivity index (χ4n) is 2.83. The maximum atomic E-state index is 12.1. The Bertz CT molecular complexity index is 467. The number of amides is 1. The van der Waals surface area contributed by atoms with E-state index in [2.05, 4.69) is 10.2 Å². The van der Waals surface area contributed by atoms with Gasteiger partial charge in [0.2, 0.25) is 5.91 Å². The highest BCUT2D eigenvalue weighted by molar-refractivity contribution is 5.84. The number of primary amides is 1. The molecule has 1 aliphatic rings. The van der Waals surface area contributed by atoms with Gasteiger partial charge in [-0.15, -0.1) is 0 Å². The molecule has 0 aliphatic carbocycles. The Morgan fingerprint density at radius 1 is 1.33 bits per heavy atom. The van der Waals surface area contributed by atoms with Gasteiger partial charge in [0.1, 0.15) is 11.3 Å². The van der Waals surface area contributed by atoms with E-state index in [4.69, 9.17) is 10.5 Å². The van der Waals surface area contributed by atoms with Gasteiger partial charge in [0, 0.05) is 19.6 Å². The van der Waals surface area contributed by atoms with E-state index in [9.17, 15) is 4.79 Å². The number of nitrogens with zero attached hydrogens (tertiary/aromatic N) is 1. The molecule has 1 aliphatic heterocycles. The van der Waals surface area contributed by atoms with Crippen molar-refractivity contribution in [2.75, 3.05) is 33.3 Å². The van der Waals surface area contributed by atoms with Gasteiger partial charge in [-0.3, -0.25) is 9.69 Å². The van der Waals surface area contributed by atoms with Crippen LogP contribution >= 0.6 is 0 Å². The van der Waals surface area contributed by atoms with Crippen molar-refractivity contribution < 1.29 is 9.53 Å². The molecule has 1 saturated heterocycles. The first-order valence-electron chi connectivity index (χ1n) is 7.45. The number of nitrogens with one attached hydrogen (secondary N) is 1. The maximum absolute atomic E-state index is 12.1. The standard InChI is InChI=1S/C16H25N3O2/c1-16(15(17)20,19-10-3-8-18-9-11-19)12-13-4-6-14(21-2)7-5-13/h4-7,18H,3,8-12H2,1-2H3,(H2,17,20). The number of methoxy groups -OCH3 is 1. The lowest BCUT2D eigenvalue weighted by molar-refractivity contribution is -0.129. The summed E-state index contributed by atoms with van der Waals surface area (Å²) in [5, 5.41) is 3.36. The summed E-state index contributed by atoms with van der Waals surface area (Å²) < 4.78 is 5.17. The normalized spacial score (nSPS) is 19.5. The van der Waals surface area contributed by atoms with Crippen LogP contribution in [0.1, 0.15) is 18.9 Å². The van der Waals surface area contributed by atoms with E-state index in [1.165, 1.54) is 0 Å². The maximum Gasteiger partial charge on any atom is 0.238 e. The van der Waals surface area contributed by atoms with Gasteiger partial charge < -0.3 is 15.8 Å². The SMILES string of the molecule is COc1ccc(CC(C)(C(N)=O)N2CCCNCC2)cc1. The van der Waals surface area contributed by atoms with Crippen molar-refractivity contribution in [2.45, 2.75) is 25.3 Å². The third-order valence-electron chi connectivity index (χ3n) is 4.28. The molecule has 1 unspecified atom stereocenters. The summed E-state index contributed by atoms with van der Waals surface area (Å²) >= 11 is 0. The van der Waals surface area contributed by atoms with E-state index in [1.807, 2.05) is 31.2 Å². The minimum Gasteiger partial charge on any atom is -0.497 e. The van der Waals surface area contributed by atoms with Crippen LogP contribution in [0.4, 0.5) is 0 Å². The summed E-state index contributed by atoms with van der Waals surface area (Å²) in [5.41, 5.74) is 6.17. The highest BCUT2D eigenvalue weighted by Gasteiger charge is 2.37. The lowest BCUT2D eigenvalue weighted by Crippen LogP contribution is -2.57. The second kappa shape index (κ2) is 6.91. The van der Waals surface area contributed by atoms with Crippen LogP contribution in [0.2, 0.25) is 0 Å². The summed E-state index contributed by atoms with van der Waals surface area (Å²) in [6, 6.07) is 7.83. The second-order valence-electron chi connectivity index (χ2n) is 5.75. The van der Waals surface area contributed by atoms with E-state index in [0.29, 0.717) is 6.42 Å².